The van der Waals surface area contributed by atoms with Crippen LogP contribution in [0.15, 0.2) is 0 Å². The molecule has 0 bridgehead atoms. The summed E-state index contributed by atoms with van der Waals surface area (Å²) in [6.07, 6.45) is 1.03. The molecule has 15 heavy (non-hydrogen) atoms. The van der Waals surface area contributed by atoms with Crippen LogP contribution in [0.5, 0.6) is 0 Å². The summed E-state index contributed by atoms with van der Waals surface area (Å²) in [6, 6.07) is 1.99. The summed E-state index contributed by atoms with van der Waals surface area (Å²) >= 11 is 0. The molecule has 0 rings (SSSR count). The summed E-state index contributed by atoms with van der Waals surface area (Å²) in [6.45, 7) is 5.78. The average molecular weight is 211 g/mol. The molecule has 4 heteroatoms. The normalized spacial score (nSPS) is 14.1. The maximum Gasteiger partial charge on any atom is 0.317 e. The maximum atomic E-state index is 11.4. The number of hydrogen-bond acceptors (Lipinski definition) is 4. The van der Waals surface area contributed by atoms with E-state index < -0.39 is 17.8 Å². The standard InChI is InChI=1S/C11H17NO3/c1-4-15-11(14)10(7-13)9(6-12)5-8(2)3/h7-10H,4-5H2,1-3H3/t9-,10?/m1/s1. The van der Waals surface area contributed by atoms with E-state index in [1.165, 1.54) is 0 Å². The Morgan fingerprint density at radius 2 is 2.13 bits per heavy atom. The number of hydrogen-bond donors (Lipinski definition) is 0. The number of nitrogens with zero attached hydrogens (tertiary/aromatic N) is 1. The second-order valence-corrected chi connectivity index (χ2v) is 3.78. The fraction of sp³-hybridized carbons (Fsp3) is 0.727. The highest BCUT2D eigenvalue weighted by Crippen LogP contribution is 2.19. The summed E-state index contributed by atoms with van der Waals surface area (Å²) < 4.78 is 4.74. The topological polar surface area (TPSA) is 67.2 Å². The monoisotopic (exact) mass is 211 g/mol. The molecule has 0 radical (unpaired) electrons. The smallest absolute Gasteiger partial charge is 0.317 e. The molecule has 0 aliphatic carbocycles. The van der Waals surface area contributed by atoms with Gasteiger partial charge in [0.05, 0.1) is 18.6 Å². The third kappa shape index (κ3) is 4.59. The van der Waals surface area contributed by atoms with Crippen molar-refractivity contribution in [2.45, 2.75) is 27.2 Å². The SMILES string of the molecule is CCOC(=O)C(C=O)[C@@H](C#N)CC(C)C. The first-order valence-electron chi connectivity index (χ1n) is 5.08. The van der Waals surface area contributed by atoms with Crippen molar-refractivity contribution in [3.8, 4) is 6.07 Å². The molecule has 0 aromatic carbocycles. The first-order valence-corrected chi connectivity index (χ1v) is 5.08. The van der Waals surface area contributed by atoms with E-state index in [2.05, 4.69) is 0 Å². The fourth-order valence-electron chi connectivity index (χ4n) is 1.34. The molecule has 0 aromatic heterocycles. The van der Waals surface area contributed by atoms with E-state index in [1.807, 2.05) is 19.9 Å². The number of aldehydes is 1. The van der Waals surface area contributed by atoms with Gasteiger partial charge in [0.15, 0.2) is 0 Å². The Morgan fingerprint density at radius 3 is 2.47 bits per heavy atom. The third-order valence-corrected chi connectivity index (χ3v) is 2.03. The molecule has 0 aromatic rings. The van der Waals surface area contributed by atoms with E-state index in [-0.39, 0.29) is 12.5 Å². The van der Waals surface area contributed by atoms with E-state index in [9.17, 15) is 9.59 Å². The van der Waals surface area contributed by atoms with Crippen molar-refractivity contribution in [1.29, 1.82) is 5.26 Å². The number of esters is 1. The number of rotatable bonds is 6. The lowest BCUT2D eigenvalue weighted by atomic mass is 9.87. The third-order valence-electron chi connectivity index (χ3n) is 2.03. The molecule has 0 amide bonds. The van der Waals surface area contributed by atoms with E-state index in [0.29, 0.717) is 12.7 Å². The van der Waals surface area contributed by atoms with Crippen molar-refractivity contribution in [3.63, 3.8) is 0 Å². The van der Waals surface area contributed by atoms with Gasteiger partial charge in [-0.1, -0.05) is 13.8 Å². The molecule has 0 fully saturated rings. The van der Waals surface area contributed by atoms with Crippen LogP contribution in [0.1, 0.15) is 27.2 Å². The lowest BCUT2D eigenvalue weighted by molar-refractivity contribution is -0.150. The summed E-state index contributed by atoms with van der Waals surface area (Å²) in [5.74, 6) is -1.86. The molecule has 4 nitrogen and oxygen atoms in total. The van der Waals surface area contributed by atoms with Gasteiger partial charge in [0.2, 0.25) is 0 Å². The van der Waals surface area contributed by atoms with Crippen LogP contribution in [0.4, 0.5) is 0 Å². The second kappa shape index (κ2) is 6.99. The summed E-state index contributed by atoms with van der Waals surface area (Å²) in [4.78, 5) is 22.1. The molecular formula is C11H17NO3. The molecule has 0 saturated carbocycles. The quantitative estimate of drug-likeness (QED) is 0.380. The number of nitriles is 1. The van der Waals surface area contributed by atoms with Crippen molar-refractivity contribution in [3.05, 3.63) is 0 Å². The van der Waals surface area contributed by atoms with Gasteiger partial charge < -0.3 is 9.53 Å². The summed E-state index contributed by atoms with van der Waals surface area (Å²) in [7, 11) is 0. The van der Waals surface area contributed by atoms with Gasteiger partial charge in [-0.05, 0) is 19.3 Å². The van der Waals surface area contributed by atoms with Crippen molar-refractivity contribution in [2.24, 2.45) is 17.8 Å². The van der Waals surface area contributed by atoms with Crippen LogP contribution in [0.25, 0.3) is 0 Å². The minimum Gasteiger partial charge on any atom is -0.465 e. The van der Waals surface area contributed by atoms with Gasteiger partial charge in [-0.3, -0.25) is 4.79 Å². The highest BCUT2D eigenvalue weighted by molar-refractivity contribution is 5.88. The maximum absolute atomic E-state index is 11.4. The van der Waals surface area contributed by atoms with Crippen molar-refractivity contribution in [1.82, 2.24) is 0 Å². The lowest BCUT2D eigenvalue weighted by Crippen LogP contribution is -2.27. The highest BCUT2D eigenvalue weighted by Gasteiger charge is 2.29. The molecule has 0 N–H and O–H groups in total. The van der Waals surface area contributed by atoms with Crippen LogP contribution in [-0.2, 0) is 14.3 Å². The van der Waals surface area contributed by atoms with Crippen LogP contribution in [0, 0.1) is 29.1 Å². The van der Waals surface area contributed by atoms with E-state index >= 15 is 0 Å². The predicted octanol–water partition coefficient (Wildman–Crippen LogP) is 1.55. The van der Waals surface area contributed by atoms with Crippen LogP contribution >= 0.6 is 0 Å². The van der Waals surface area contributed by atoms with Crippen LogP contribution < -0.4 is 0 Å². The second-order valence-electron chi connectivity index (χ2n) is 3.78. The number of carbonyl (C=O) groups excluding carboxylic acids is 2. The van der Waals surface area contributed by atoms with Crippen LogP contribution in [-0.4, -0.2) is 18.9 Å². The van der Waals surface area contributed by atoms with Crippen molar-refractivity contribution >= 4 is 12.3 Å². The minimum absolute atomic E-state index is 0.225. The minimum atomic E-state index is -0.947. The Morgan fingerprint density at radius 1 is 1.53 bits per heavy atom. The zero-order valence-corrected chi connectivity index (χ0v) is 9.40. The molecule has 2 atom stereocenters. The lowest BCUT2D eigenvalue weighted by Gasteiger charge is -2.16. The molecular weight excluding hydrogens is 194 g/mol. The molecule has 0 saturated heterocycles. The first-order chi connectivity index (χ1) is 7.06. The largest absolute Gasteiger partial charge is 0.465 e. The average Bonchev–Trinajstić information content (AvgIpc) is 2.17. The highest BCUT2D eigenvalue weighted by atomic mass is 16.5. The molecule has 0 spiro atoms. The number of ether oxygens (including phenoxy) is 1. The first kappa shape index (κ1) is 13.6. The summed E-state index contributed by atoms with van der Waals surface area (Å²) in [5.41, 5.74) is 0. The molecule has 1 unspecified atom stereocenters. The predicted molar refractivity (Wildman–Crippen MR) is 54.7 cm³/mol. The van der Waals surface area contributed by atoms with E-state index in [4.69, 9.17) is 10.00 Å². The summed E-state index contributed by atoms with van der Waals surface area (Å²) in [5, 5.41) is 8.88. The number of carbonyl (C=O) groups is 2. The van der Waals surface area contributed by atoms with Gasteiger partial charge in [-0.15, -0.1) is 0 Å². The van der Waals surface area contributed by atoms with Gasteiger partial charge in [-0.25, -0.2) is 0 Å². The Balaban J connectivity index is 4.55. The van der Waals surface area contributed by atoms with Gasteiger partial charge in [0, 0.05) is 0 Å². The Kier molecular flexibility index (Phi) is 6.35. The zero-order valence-electron chi connectivity index (χ0n) is 9.40. The van der Waals surface area contributed by atoms with Gasteiger partial charge in [0.1, 0.15) is 12.2 Å². The molecule has 84 valence electrons. The van der Waals surface area contributed by atoms with Gasteiger partial charge >= 0.3 is 5.97 Å². The van der Waals surface area contributed by atoms with E-state index in [1.54, 1.807) is 6.92 Å². The zero-order chi connectivity index (χ0) is 11.8. The van der Waals surface area contributed by atoms with Gasteiger partial charge in [-0.2, -0.15) is 5.26 Å². The molecule has 0 aliphatic heterocycles. The van der Waals surface area contributed by atoms with Gasteiger partial charge in [0.25, 0.3) is 0 Å². The molecule has 0 aliphatic rings. The van der Waals surface area contributed by atoms with Crippen molar-refractivity contribution < 1.29 is 14.3 Å². The van der Waals surface area contributed by atoms with Crippen LogP contribution in [0.2, 0.25) is 0 Å². The fourth-order valence-corrected chi connectivity index (χ4v) is 1.34. The van der Waals surface area contributed by atoms with E-state index in [0.717, 1.165) is 0 Å². The Bertz CT molecular complexity index is 255. The molecule has 0 heterocycles. The Hall–Kier alpha value is -1.37. The van der Waals surface area contributed by atoms with Crippen LogP contribution in [0.3, 0.4) is 0 Å². The van der Waals surface area contributed by atoms with Crippen molar-refractivity contribution in [2.75, 3.05) is 6.61 Å². The Labute approximate surface area is 90.2 Å².